The minimum atomic E-state index is -1.31. The van der Waals surface area contributed by atoms with Crippen molar-refractivity contribution in [1.82, 2.24) is 9.80 Å². The predicted molar refractivity (Wildman–Crippen MR) is 151 cm³/mol. The summed E-state index contributed by atoms with van der Waals surface area (Å²) in [6.07, 6.45) is -2.62. The van der Waals surface area contributed by atoms with Crippen molar-refractivity contribution in [2.24, 2.45) is 5.92 Å². The van der Waals surface area contributed by atoms with Crippen LogP contribution in [0.15, 0.2) is 0 Å². The minimum absolute atomic E-state index is 0.00501. The molecule has 1 aromatic carbocycles. The largest absolute Gasteiger partial charge is 0.396 e. The lowest BCUT2D eigenvalue weighted by atomic mass is 10.1. The highest BCUT2D eigenvalue weighted by atomic mass is 127. The summed E-state index contributed by atoms with van der Waals surface area (Å²) in [5, 5.41) is 59.5. The van der Waals surface area contributed by atoms with Crippen molar-refractivity contribution < 1.29 is 45.0 Å². The van der Waals surface area contributed by atoms with Crippen molar-refractivity contribution in [3.63, 3.8) is 0 Å². The minimum Gasteiger partial charge on any atom is -0.396 e. The van der Waals surface area contributed by atoms with E-state index < -0.39 is 55.8 Å². The Morgan fingerprint density at radius 3 is 1.83 bits per heavy atom. The van der Waals surface area contributed by atoms with Crippen LogP contribution < -0.4 is 5.32 Å². The third kappa shape index (κ3) is 8.03. The Morgan fingerprint density at radius 1 is 0.857 bits per heavy atom. The summed E-state index contributed by atoms with van der Waals surface area (Å²) in [5.74, 6) is -3.16. The third-order valence-electron chi connectivity index (χ3n) is 5.00. The SMILES string of the molecule is CN(CC(O)CO)C(=O)c1c(I)c(NC(=O)C(CO)CO)c(I)c(C(=O)N(C)C(O)CCO)c1I. The van der Waals surface area contributed by atoms with Gasteiger partial charge in [-0.25, -0.2) is 0 Å². The average Bonchev–Trinajstić information content (AvgIpc) is 2.81. The number of rotatable bonds is 12. The fraction of sp³-hybridized carbons (Fsp3) is 0.550. The molecule has 2 atom stereocenters. The molecule has 0 saturated heterocycles. The second kappa shape index (κ2) is 15.1. The average molecular weight is 835 g/mol. The molecule has 0 saturated carbocycles. The van der Waals surface area contributed by atoms with E-state index in [4.69, 9.17) is 10.2 Å². The van der Waals surface area contributed by atoms with Crippen molar-refractivity contribution in [1.29, 1.82) is 0 Å². The zero-order valence-corrected chi connectivity index (χ0v) is 25.4. The van der Waals surface area contributed by atoms with Crippen LogP contribution in [0.3, 0.4) is 0 Å². The molecule has 12 nitrogen and oxygen atoms in total. The van der Waals surface area contributed by atoms with Crippen LogP contribution in [-0.2, 0) is 4.79 Å². The van der Waals surface area contributed by atoms with Gasteiger partial charge in [0.1, 0.15) is 6.23 Å². The molecule has 7 N–H and O–H groups in total. The van der Waals surface area contributed by atoms with Gasteiger partial charge in [-0.05, 0) is 67.8 Å². The maximum atomic E-state index is 13.3. The number of hydrogen-bond acceptors (Lipinski definition) is 9. The van der Waals surface area contributed by atoms with Crippen LogP contribution in [0.4, 0.5) is 5.69 Å². The Hall–Kier alpha value is -0.420. The quantitative estimate of drug-likeness (QED) is 0.105. The van der Waals surface area contributed by atoms with Crippen LogP contribution in [0.1, 0.15) is 27.1 Å². The van der Waals surface area contributed by atoms with E-state index in [0.29, 0.717) is 0 Å². The van der Waals surface area contributed by atoms with E-state index in [0.717, 1.165) is 9.80 Å². The molecule has 0 aliphatic carbocycles. The van der Waals surface area contributed by atoms with Gasteiger partial charge in [0.2, 0.25) is 5.91 Å². The zero-order valence-electron chi connectivity index (χ0n) is 18.9. The van der Waals surface area contributed by atoms with Crippen LogP contribution >= 0.6 is 67.8 Å². The lowest BCUT2D eigenvalue weighted by Gasteiger charge is -2.27. The fourth-order valence-corrected chi connectivity index (χ4v) is 7.23. The van der Waals surface area contributed by atoms with Gasteiger partial charge in [0, 0.05) is 37.2 Å². The first-order valence-corrected chi connectivity index (χ1v) is 13.4. The number of likely N-dealkylation sites (N-methyl/N-ethyl adjacent to an activating group) is 1. The van der Waals surface area contributed by atoms with E-state index in [9.17, 15) is 34.8 Å². The summed E-state index contributed by atoms with van der Waals surface area (Å²) in [6, 6.07) is 0. The second-order valence-corrected chi connectivity index (χ2v) is 10.8. The molecule has 35 heavy (non-hydrogen) atoms. The molecule has 0 fully saturated rings. The molecule has 3 amide bonds. The van der Waals surface area contributed by atoms with Gasteiger partial charge in [-0.2, -0.15) is 0 Å². The normalized spacial score (nSPS) is 12.9. The number of benzene rings is 1. The number of nitrogens with one attached hydrogen (secondary N) is 1. The first kappa shape index (κ1) is 32.6. The molecule has 0 aromatic heterocycles. The Balaban J connectivity index is 3.76. The van der Waals surface area contributed by atoms with Gasteiger partial charge in [0.15, 0.2) is 0 Å². The molecule has 1 aromatic rings. The van der Waals surface area contributed by atoms with Crippen molar-refractivity contribution >= 4 is 91.2 Å². The Morgan fingerprint density at radius 2 is 1.37 bits per heavy atom. The van der Waals surface area contributed by atoms with E-state index >= 15 is 0 Å². The summed E-state index contributed by atoms with van der Waals surface area (Å²) >= 11 is 5.47. The van der Waals surface area contributed by atoms with Gasteiger partial charge in [0.05, 0.1) is 55.8 Å². The molecule has 2 unspecified atom stereocenters. The highest BCUT2D eigenvalue weighted by molar-refractivity contribution is 14.1. The second-order valence-electron chi connectivity index (χ2n) is 7.55. The van der Waals surface area contributed by atoms with E-state index in [1.807, 2.05) is 67.8 Å². The molecule has 0 spiro atoms. The number of carbonyl (C=O) groups is 3. The van der Waals surface area contributed by atoms with Gasteiger partial charge in [-0.15, -0.1) is 0 Å². The lowest BCUT2D eigenvalue weighted by Crippen LogP contribution is -2.40. The standard InChI is InChI=1S/C20H28I3N3O9/c1-25(5-10(31)8-30)19(34)12-14(21)13(20(35)26(2)11(32)3-4-27)16(23)17(15(12)22)24-18(33)9(6-28)7-29/h9-11,27-32H,3-8H2,1-2H3,(H,24,33). The first-order chi connectivity index (χ1) is 16.4. The van der Waals surface area contributed by atoms with Gasteiger partial charge in [-0.3, -0.25) is 14.4 Å². The molecule has 0 bridgehead atoms. The summed E-state index contributed by atoms with van der Waals surface area (Å²) in [4.78, 5) is 41.4. The van der Waals surface area contributed by atoms with Gasteiger partial charge >= 0.3 is 0 Å². The third-order valence-corrected chi connectivity index (χ3v) is 8.24. The van der Waals surface area contributed by atoms with E-state index in [2.05, 4.69) is 5.32 Å². The van der Waals surface area contributed by atoms with Crippen LogP contribution in [0.25, 0.3) is 0 Å². The van der Waals surface area contributed by atoms with Crippen molar-refractivity contribution in [3.05, 3.63) is 21.8 Å². The number of nitrogens with zero attached hydrogens (tertiary/aromatic N) is 2. The summed E-state index contributed by atoms with van der Waals surface area (Å²) in [5.41, 5.74) is 0.134. The summed E-state index contributed by atoms with van der Waals surface area (Å²) in [6.45, 7) is -2.40. The van der Waals surface area contributed by atoms with Crippen LogP contribution in [0.5, 0.6) is 0 Å². The molecule has 198 valence electrons. The fourth-order valence-electron chi connectivity index (χ4n) is 2.87. The molecule has 0 radical (unpaired) electrons. The Labute approximate surface area is 243 Å². The summed E-state index contributed by atoms with van der Waals surface area (Å²) in [7, 11) is 2.72. The van der Waals surface area contributed by atoms with E-state index in [1.165, 1.54) is 14.1 Å². The van der Waals surface area contributed by atoms with Crippen LogP contribution in [-0.4, -0.2) is 118 Å². The Bertz CT molecular complexity index is 931. The van der Waals surface area contributed by atoms with E-state index in [1.54, 1.807) is 0 Å². The maximum absolute atomic E-state index is 13.3. The monoisotopic (exact) mass is 835 g/mol. The number of hydrogen-bond donors (Lipinski definition) is 7. The molecular weight excluding hydrogens is 807 g/mol. The number of aliphatic hydroxyl groups is 6. The number of carbonyl (C=O) groups excluding carboxylic acids is 3. The highest BCUT2D eigenvalue weighted by Crippen LogP contribution is 2.37. The molecule has 15 heteroatoms. The van der Waals surface area contributed by atoms with Gasteiger partial charge in [-0.1, -0.05) is 0 Å². The number of amides is 3. The van der Waals surface area contributed by atoms with Gasteiger partial charge in [0.25, 0.3) is 11.8 Å². The Kier molecular flexibility index (Phi) is 14.1. The molecule has 0 heterocycles. The van der Waals surface area contributed by atoms with Gasteiger partial charge < -0.3 is 45.8 Å². The molecule has 1 rings (SSSR count). The first-order valence-electron chi connectivity index (χ1n) is 10.2. The molecule has 0 aliphatic heterocycles. The maximum Gasteiger partial charge on any atom is 0.257 e. The predicted octanol–water partition coefficient (Wildman–Crippen LogP) is -0.762. The number of aliphatic hydroxyl groups excluding tert-OH is 6. The highest BCUT2D eigenvalue weighted by Gasteiger charge is 2.33. The van der Waals surface area contributed by atoms with Crippen molar-refractivity contribution in [2.75, 3.05) is 52.4 Å². The molecule has 0 aliphatic rings. The van der Waals surface area contributed by atoms with Crippen LogP contribution in [0.2, 0.25) is 0 Å². The number of anilines is 1. The zero-order chi connectivity index (χ0) is 27.0. The smallest absolute Gasteiger partial charge is 0.257 e. The number of halogens is 3. The lowest BCUT2D eigenvalue weighted by molar-refractivity contribution is -0.122. The molecular formula is C20H28I3N3O9. The van der Waals surface area contributed by atoms with Crippen molar-refractivity contribution in [3.8, 4) is 0 Å². The van der Waals surface area contributed by atoms with Crippen molar-refractivity contribution in [2.45, 2.75) is 18.8 Å². The summed E-state index contributed by atoms with van der Waals surface area (Å²) < 4.78 is 0.741. The van der Waals surface area contributed by atoms with Crippen LogP contribution in [0, 0.1) is 16.6 Å². The topological polar surface area (TPSA) is 191 Å². The van der Waals surface area contributed by atoms with E-state index in [-0.39, 0.29) is 47.1 Å².